The lowest BCUT2D eigenvalue weighted by Gasteiger charge is -2.25. The van der Waals surface area contributed by atoms with Gasteiger partial charge in [-0.3, -0.25) is 0 Å². The maximum absolute atomic E-state index is 5.97. The molecule has 5 rings (SSSR count). The molecule has 2 aromatic rings. The second-order valence-electron chi connectivity index (χ2n) is 7.72. The van der Waals surface area contributed by atoms with Gasteiger partial charge in [0.2, 0.25) is 0 Å². The highest BCUT2D eigenvalue weighted by Crippen LogP contribution is 2.49. The maximum Gasteiger partial charge on any atom is -0.00376 e. The first-order chi connectivity index (χ1) is 12.8. The minimum absolute atomic E-state index is 0.0382. The van der Waals surface area contributed by atoms with Crippen molar-refractivity contribution in [3.8, 4) is 0 Å². The predicted octanol–water partition coefficient (Wildman–Crippen LogP) is 3.74. The lowest BCUT2D eigenvalue weighted by Crippen LogP contribution is -2.32. The third-order valence-corrected chi connectivity index (χ3v) is 8.59. The number of hydrogen-bond donors (Lipinski definition) is 1. The Bertz CT molecular complexity index is 1010. The number of benzene rings is 2. The Morgan fingerprint density at radius 1 is 0.885 bits per heavy atom. The van der Waals surface area contributed by atoms with Crippen molar-refractivity contribution in [1.29, 1.82) is 0 Å². The number of aryl methyl sites for hydroxylation is 1. The number of nitrogens with two attached hydrogens (primary N) is 1. The van der Waals surface area contributed by atoms with Crippen LogP contribution in [0.1, 0.15) is 41.5 Å². The average Bonchev–Trinajstić information content (AvgIpc) is 2.84. The molecule has 2 aliphatic carbocycles. The fourth-order valence-corrected chi connectivity index (χ4v) is 7.33. The summed E-state index contributed by atoms with van der Waals surface area (Å²) in [5.41, 5.74) is 15.4. The summed E-state index contributed by atoms with van der Waals surface area (Å²) in [4.78, 5) is 0. The predicted molar refractivity (Wildman–Crippen MR) is 114 cm³/mol. The molecule has 2 heteroatoms. The maximum atomic E-state index is 5.97. The van der Waals surface area contributed by atoms with Crippen LogP contribution in [0, 0.1) is 0 Å². The highest BCUT2D eigenvalue weighted by atomic mass is 31.1. The van der Waals surface area contributed by atoms with Crippen LogP contribution in [0.25, 0.3) is 17.7 Å². The van der Waals surface area contributed by atoms with Crippen molar-refractivity contribution in [1.82, 2.24) is 0 Å². The molecule has 1 atom stereocenters. The molecule has 1 aliphatic heterocycles. The molecule has 132 valence electrons. The second kappa shape index (κ2) is 6.80. The van der Waals surface area contributed by atoms with Crippen molar-refractivity contribution < 1.29 is 0 Å². The van der Waals surface area contributed by atoms with Crippen LogP contribution >= 0.6 is 7.92 Å². The Labute approximate surface area is 157 Å². The van der Waals surface area contributed by atoms with E-state index in [1.165, 1.54) is 65.7 Å². The lowest BCUT2D eigenvalue weighted by molar-refractivity contribution is 0.920. The first-order valence-electron chi connectivity index (χ1n) is 9.90. The van der Waals surface area contributed by atoms with Crippen LogP contribution in [-0.2, 0) is 12.6 Å². The van der Waals surface area contributed by atoms with Gasteiger partial charge in [-0.2, -0.15) is 0 Å². The number of hydrogen-bond acceptors (Lipinski definition) is 1. The van der Waals surface area contributed by atoms with E-state index in [1.807, 2.05) is 0 Å². The summed E-state index contributed by atoms with van der Waals surface area (Å²) >= 11 is 0. The van der Waals surface area contributed by atoms with Crippen LogP contribution in [0.5, 0.6) is 0 Å². The first-order valence-corrected chi connectivity index (χ1v) is 11.8. The van der Waals surface area contributed by atoms with Gasteiger partial charge in [-0.1, -0.05) is 62.0 Å². The summed E-state index contributed by atoms with van der Waals surface area (Å²) in [6, 6.07) is 13.9. The zero-order valence-corrected chi connectivity index (χ0v) is 16.2. The average molecular weight is 359 g/mol. The van der Waals surface area contributed by atoms with E-state index >= 15 is 0 Å². The summed E-state index contributed by atoms with van der Waals surface area (Å²) in [7, 11) is -0.0382. The molecule has 0 radical (unpaired) electrons. The van der Waals surface area contributed by atoms with E-state index in [2.05, 4.69) is 48.6 Å². The van der Waals surface area contributed by atoms with Crippen LogP contribution in [0.2, 0.25) is 0 Å². The molecule has 1 nitrogen and oxygen atoms in total. The van der Waals surface area contributed by atoms with E-state index in [9.17, 15) is 0 Å². The summed E-state index contributed by atoms with van der Waals surface area (Å²) in [5.74, 6) is 0. The van der Waals surface area contributed by atoms with E-state index in [0.29, 0.717) is 0 Å². The molecule has 0 saturated heterocycles. The van der Waals surface area contributed by atoms with Crippen molar-refractivity contribution in [3.05, 3.63) is 74.7 Å². The molecule has 3 aliphatic rings. The van der Waals surface area contributed by atoms with Gasteiger partial charge in [-0.15, -0.1) is 0 Å². The molecule has 2 aromatic carbocycles. The van der Waals surface area contributed by atoms with E-state index < -0.39 is 0 Å². The molecule has 26 heavy (non-hydrogen) atoms. The Morgan fingerprint density at radius 3 is 2.69 bits per heavy atom. The minimum Gasteiger partial charge on any atom is -0.330 e. The smallest absolute Gasteiger partial charge is 0.00376 e. The quantitative estimate of drug-likeness (QED) is 0.812. The summed E-state index contributed by atoms with van der Waals surface area (Å²) < 4.78 is 0. The van der Waals surface area contributed by atoms with Gasteiger partial charge in [0.05, 0.1) is 0 Å². The normalized spacial score (nSPS) is 20.7. The molecule has 0 bridgehead atoms. The Balaban J connectivity index is 1.83. The highest BCUT2D eigenvalue weighted by Gasteiger charge is 2.28. The van der Waals surface area contributed by atoms with Crippen molar-refractivity contribution >= 4 is 25.6 Å². The number of allylic oxidation sites excluding steroid dienone is 1. The van der Waals surface area contributed by atoms with Gasteiger partial charge in [0, 0.05) is 0 Å². The summed E-state index contributed by atoms with van der Waals surface area (Å²) in [5, 5.41) is 2.94. The molecular weight excluding hydrogens is 333 g/mol. The standard InChI is InChI=1S/C24H26NP/c25-13-14-26-15-19-11-9-17-5-1-3-7-21(17)23(19)24-20(16-26)12-10-18-6-2-4-8-22(18)24/h1,3,5-8,10,12H,2,4,9,11,13-16,25H2. The van der Waals surface area contributed by atoms with Crippen molar-refractivity contribution in [2.45, 2.75) is 31.8 Å². The molecule has 0 fully saturated rings. The SMILES string of the molecule is NCCP1CC2=C(c3ccccc3CC2)c2c(ccc3c2=CCCC=3)C1. The van der Waals surface area contributed by atoms with Crippen molar-refractivity contribution in [2.75, 3.05) is 18.9 Å². The van der Waals surface area contributed by atoms with Gasteiger partial charge in [-0.25, -0.2) is 0 Å². The van der Waals surface area contributed by atoms with Crippen LogP contribution in [0.4, 0.5) is 0 Å². The van der Waals surface area contributed by atoms with Crippen LogP contribution in [0.3, 0.4) is 0 Å². The second-order valence-corrected chi connectivity index (χ2v) is 10.1. The zero-order chi connectivity index (χ0) is 17.5. The zero-order valence-electron chi connectivity index (χ0n) is 15.3. The molecular formula is C24H26NP. The van der Waals surface area contributed by atoms with Gasteiger partial charge in [0.25, 0.3) is 0 Å². The molecule has 0 saturated carbocycles. The monoisotopic (exact) mass is 359 g/mol. The topological polar surface area (TPSA) is 26.0 Å². The van der Waals surface area contributed by atoms with Gasteiger partial charge in [0.15, 0.2) is 0 Å². The van der Waals surface area contributed by atoms with Crippen LogP contribution in [0.15, 0.2) is 42.0 Å². The van der Waals surface area contributed by atoms with Crippen LogP contribution < -0.4 is 16.2 Å². The third-order valence-electron chi connectivity index (χ3n) is 6.09. The van der Waals surface area contributed by atoms with Crippen LogP contribution in [-0.4, -0.2) is 18.9 Å². The molecule has 0 spiro atoms. The van der Waals surface area contributed by atoms with E-state index in [4.69, 9.17) is 5.73 Å². The van der Waals surface area contributed by atoms with E-state index in [1.54, 1.807) is 22.3 Å². The molecule has 1 heterocycles. The van der Waals surface area contributed by atoms with Crippen molar-refractivity contribution in [3.63, 3.8) is 0 Å². The van der Waals surface area contributed by atoms with E-state index in [-0.39, 0.29) is 7.92 Å². The summed E-state index contributed by atoms with van der Waals surface area (Å²) in [6.45, 7) is 0.824. The Hall–Kier alpha value is -1.69. The van der Waals surface area contributed by atoms with Gasteiger partial charge in [0.1, 0.15) is 0 Å². The fraction of sp³-hybridized carbons (Fsp3) is 0.333. The number of fused-ring (bicyclic) bond motifs is 6. The lowest BCUT2D eigenvalue weighted by atomic mass is 9.80. The Morgan fingerprint density at radius 2 is 1.77 bits per heavy atom. The Kier molecular flexibility index (Phi) is 4.31. The van der Waals surface area contributed by atoms with E-state index in [0.717, 1.165) is 6.54 Å². The fourth-order valence-electron chi connectivity index (χ4n) is 4.93. The van der Waals surface area contributed by atoms with Gasteiger partial charge >= 0.3 is 0 Å². The first kappa shape index (κ1) is 16.5. The third kappa shape index (κ3) is 2.70. The summed E-state index contributed by atoms with van der Waals surface area (Å²) in [6.07, 6.45) is 13.4. The van der Waals surface area contributed by atoms with Crippen molar-refractivity contribution in [2.24, 2.45) is 5.73 Å². The van der Waals surface area contributed by atoms with Gasteiger partial charge < -0.3 is 5.73 Å². The minimum atomic E-state index is -0.0382. The number of rotatable bonds is 2. The largest absolute Gasteiger partial charge is 0.330 e. The highest BCUT2D eigenvalue weighted by molar-refractivity contribution is 7.57. The molecule has 1 unspecified atom stereocenters. The van der Waals surface area contributed by atoms with Gasteiger partial charge in [-0.05, 0) is 89.0 Å². The molecule has 0 aromatic heterocycles. The molecule has 0 amide bonds. The molecule has 2 N–H and O–H groups in total.